The number of carbonyl (C=O) groups is 1. The van der Waals surface area contributed by atoms with Crippen LogP contribution in [0, 0.1) is 11.8 Å². The summed E-state index contributed by atoms with van der Waals surface area (Å²) in [4.78, 5) is 14.3. The van der Waals surface area contributed by atoms with Crippen LogP contribution in [0.5, 0.6) is 0 Å². The highest BCUT2D eigenvalue weighted by Gasteiger charge is 2.37. The molecule has 98 valence electrons. The van der Waals surface area contributed by atoms with Crippen LogP contribution in [-0.2, 0) is 4.79 Å². The predicted octanol–water partition coefficient (Wildman–Crippen LogP) is 2.37. The maximum absolute atomic E-state index is 12.2. The molecule has 1 aliphatic heterocycles. The molecule has 4 atom stereocenters. The van der Waals surface area contributed by atoms with Crippen molar-refractivity contribution in [2.24, 2.45) is 11.8 Å². The van der Waals surface area contributed by atoms with Gasteiger partial charge in [0.05, 0.1) is 12.2 Å². The van der Waals surface area contributed by atoms with Crippen molar-refractivity contribution in [2.45, 2.75) is 65.1 Å². The molecule has 0 aromatic heterocycles. The van der Waals surface area contributed by atoms with Crippen molar-refractivity contribution < 1.29 is 4.79 Å². The zero-order chi connectivity index (χ0) is 12.4. The number of carbonyl (C=O) groups excluding carboxylic acids is 1. The summed E-state index contributed by atoms with van der Waals surface area (Å²) in [7, 11) is 0. The number of amides is 1. The van der Waals surface area contributed by atoms with Crippen LogP contribution in [-0.4, -0.2) is 29.6 Å². The van der Waals surface area contributed by atoms with Crippen LogP contribution in [0.4, 0.5) is 0 Å². The molecule has 1 aliphatic carbocycles. The van der Waals surface area contributed by atoms with Crippen LogP contribution in [0.2, 0.25) is 0 Å². The molecule has 0 radical (unpaired) electrons. The van der Waals surface area contributed by atoms with Crippen LogP contribution in [0.3, 0.4) is 0 Å². The lowest BCUT2D eigenvalue weighted by molar-refractivity contribution is -0.130. The van der Waals surface area contributed by atoms with Crippen molar-refractivity contribution >= 4 is 5.91 Å². The molecule has 4 unspecified atom stereocenters. The first-order chi connectivity index (χ1) is 8.11. The van der Waals surface area contributed by atoms with Gasteiger partial charge < -0.3 is 4.90 Å². The van der Waals surface area contributed by atoms with E-state index >= 15 is 0 Å². The SMILES string of the molecule is CCCC1NC(C)N(CC2CCC(C)C2)C1=O. The fourth-order valence-electron chi connectivity index (χ4n) is 3.36. The smallest absolute Gasteiger partial charge is 0.241 e. The van der Waals surface area contributed by atoms with E-state index in [1.807, 2.05) is 0 Å². The van der Waals surface area contributed by atoms with Gasteiger partial charge in [0, 0.05) is 6.54 Å². The van der Waals surface area contributed by atoms with Crippen LogP contribution in [0.1, 0.15) is 52.9 Å². The number of hydrogen-bond acceptors (Lipinski definition) is 2. The Bertz CT molecular complexity index is 279. The van der Waals surface area contributed by atoms with Gasteiger partial charge in [-0.1, -0.05) is 26.7 Å². The monoisotopic (exact) mass is 238 g/mol. The highest BCUT2D eigenvalue weighted by molar-refractivity contribution is 5.84. The first kappa shape index (κ1) is 12.9. The van der Waals surface area contributed by atoms with Crippen LogP contribution >= 0.6 is 0 Å². The summed E-state index contributed by atoms with van der Waals surface area (Å²) in [5.74, 6) is 1.92. The van der Waals surface area contributed by atoms with Crippen molar-refractivity contribution in [1.82, 2.24) is 10.2 Å². The van der Waals surface area contributed by atoms with Crippen molar-refractivity contribution in [3.8, 4) is 0 Å². The van der Waals surface area contributed by atoms with Gasteiger partial charge in [0.15, 0.2) is 0 Å². The second kappa shape index (κ2) is 5.38. The zero-order valence-corrected chi connectivity index (χ0v) is 11.4. The molecular weight excluding hydrogens is 212 g/mol. The molecule has 17 heavy (non-hydrogen) atoms. The molecule has 0 spiro atoms. The molecule has 3 nitrogen and oxygen atoms in total. The minimum Gasteiger partial charge on any atom is -0.326 e. The molecule has 3 heteroatoms. The summed E-state index contributed by atoms with van der Waals surface area (Å²) in [5.41, 5.74) is 0. The molecular formula is C14H26N2O. The van der Waals surface area contributed by atoms with E-state index in [1.165, 1.54) is 19.3 Å². The highest BCUT2D eigenvalue weighted by Crippen LogP contribution is 2.32. The minimum atomic E-state index is 0.0776. The molecule has 0 bridgehead atoms. The Morgan fingerprint density at radius 1 is 1.35 bits per heavy atom. The van der Waals surface area contributed by atoms with Gasteiger partial charge in [-0.3, -0.25) is 10.1 Å². The number of nitrogens with zero attached hydrogens (tertiary/aromatic N) is 1. The third kappa shape index (κ3) is 2.82. The highest BCUT2D eigenvalue weighted by atomic mass is 16.2. The molecule has 2 rings (SSSR count). The van der Waals surface area contributed by atoms with E-state index in [9.17, 15) is 4.79 Å². The third-order valence-electron chi connectivity index (χ3n) is 4.33. The normalized spacial score (nSPS) is 38.1. The van der Waals surface area contributed by atoms with E-state index in [0.717, 1.165) is 31.2 Å². The molecule has 2 fully saturated rings. The standard InChI is InChI=1S/C14H26N2O/c1-4-5-13-14(17)16(11(3)15-13)9-12-7-6-10(2)8-12/h10-13,15H,4-9H2,1-3H3. The Labute approximate surface area is 105 Å². The summed E-state index contributed by atoms with van der Waals surface area (Å²) in [6.07, 6.45) is 6.22. The number of rotatable bonds is 4. The molecule has 1 amide bonds. The van der Waals surface area contributed by atoms with Crippen molar-refractivity contribution in [1.29, 1.82) is 0 Å². The number of nitrogens with one attached hydrogen (secondary N) is 1. The quantitative estimate of drug-likeness (QED) is 0.815. The Balaban J connectivity index is 1.90. The fourth-order valence-corrected chi connectivity index (χ4v) is 3.36. The van der Waals surface area contributed by atoms with Gasteiger partial charge >= 0.3 is 0 Å². The first-order valence-electron chi connectivity index (χ1n) is 7.18. The van der Waals surface area contributed by atoms with Gasteiger partial charge in [-0.2, -0.15) is 0 Å². The Morgan fingerprint density at radius 3 is 2.71 bits per heavy atom. The lowest BCUT2D eigenvalue weighted by atomic mass is 10.1. The van der Waals surface area contributed by atoms with Gasteiger partial charge in [0.25, 0.3) is 0 Å². The molecule has 0 aromatic carbocycles. The van der Waals surface area contributed by atoms with E-state index in [2.05, 4.69) is 31.0 Å². The van der Waals surface area contributed by atoms with E-state index < -0.39 is 0 Å². The number of hydrogen-bond donors (Lipinski definition) is 1. The fraction of sp³-hybridized carbons (Fsp3) is 0.929. The van der Waals surface area contributed by atoms with E-state index in [1.54, 1.807) is 0 Å². The summed E-state index contributed by atoms with van der Waals surface area (Å²) >= 11 is 0. The van der Waals surface area contributed by atoms with Gasteiger partial charge in [0.1, 0.15) is 0 Å². The first-order valence-corrected chi connectivity index (χ1v) is 7.18. The predicted molar refractivity (Wildman–Crippen MR) is 69.5 cm³/mol. The minimum absolute atomic E-state index is 0.0776. The van der Waals surface area contributed by atoms with Crippen LogP contribution < -0.4 is 5.32 Å². The molecule has 2 aliphatic rings. The molecule has 1 saturated heterocycles. The molecule has 1 N–H and O–H groups in total. The van der Waals surface area contributed by atoms with Crippen molar-refractivity contribution in [2.75, 3.05) is 6.54 Å². The summed E-state index contributed by atoms with van der Waals surface area (Å²) < 4.78 is 0. The largest absolute Gasteiger partial charge is 0.326 e. The average Bonchev–Trinajstić information content (AvgIpc) is 2.79. The summed E-state index contributed by atoms with van der Waals surface area (Å²) in [5, 5.41) is 3.42. The summed E-state index contributed by atoms with van der Waals surface area (Å²) in [6, 6.07) is 0.0776. The van der Waals surface area contributed by atoms with E-state index in [-0.39, 0.29) is 12.2 Å². The van der Waals surface area contributed by atoms with Crippen LogP contribution in [0.15, 0.2) is 0 Å². The summed E-state index contributed by atoms with van der Waals surface area (Å²) in [6.45, 7) is 7.55. The van der Waals surface area contributed by atoms with Gasteiger partial charge in [-0.15, -0.1) is 0 Å². The van der Waals surface area contributed by atoms with E-state index in [0.29, 0.717) is 5.91 Å². The van der Waals surface area contributed by atoms with Gasteiger partial charge in [-0.25, -0.2) is 0 Å². The lowest BCUT2D eigenvalue weighted by Gasteiger charge is -2.24. The Kier molecular flexibility index (Phi) is 4.08. The second-order valence-corrected chi connectivity index (χ2v) is 5.96. The lowest BCUT2D eigenvalue weighted by Crippen LogP contribution is -2.38. The zero-order valence-electron chi connectivity index (χ0n) is 11.4. The molecule has 1 saturated carbocycles. The van der Waals surface area contributed by atoms with E-state index in [4.69, 9.17) is 0 Å². The third-order valence-corrected chi connectivity index (χ3v) is 4.33. The van der Waals surface area contributed by atoms with Crippen molar-refractivity contribution in [3.63, 3.8) is 0 Å². The molecule has 0 aromatic rings. The van der Waals surface area contributed by atoms with Crippen molar-refractivity contribution in [3.05, 3.63) is 0 Å². The Morgan fingerprint density at radius 2 is 2.12 bits per heavy atom. The second-order valence-electron chi connectivity index (χ2n) is 5.96. The molecule has 1 heterocycles. The maximum atomic E-state index is 12.2. The van der Waals surface area contributed by atoms with Crippen LogP contribution in [0.25, 0.3) is 0 Å². The topological polar surface area (TPSA) is 32.3 Å². The Hall–Kier alpha value is -0.570. The van der Waals surface area contributed by atoms with Gasteiger partial charge in [0.2, 0.25) is 5.91 Å². The maximum Gasteiger partial charge on any atom is 0.241 e. The average molecular weight is 238 g/mol. The van der Waals surface area contributed by atoms with Gasteiger partial charge in [-0.05, 0) is 38.0 Å².